The Hall–Kier alpha value is -3.59. The summed E-state index contributed by atoms with van der Waals surface area (Å²) in [7, 11) is 1.70. The Morgan fingerprint density at radius 3 is 2.87 bits per heavy atom. The molecular weight excluding hydrogens is 386 g/mol. The predicted molar refractivity (Wildman–Crippen MR) is 109 cm³/mol. The highest BCUT2D eigenvalue weighted by atomic mass is 16.5. The SMILES string of the molecule is Cn1cc2c(n1)C(=O)CCCOCCOc1cc(ccn1)-c1cccc(n1)C(=O)N2. The fourth-order valence-corrected chi connectivity index (χ4v) is 3.10. The van der Waals surface area contributed by atoms with Crippen LogP contribution in [0.15, 0.2) is 42.7 Å². The summed E-state index contributed by atoms with van der Waals surface area (Å²) in [5, 5.41) is 6.97. The topological polar surface area (TPSA) is 108 Å². The van der Waals surface area contributed by atoms with Crippen molar-refractivity contribution < 1.29 is 19.1 Å². The summed E-state index contributed by atoms with van der Waals surface area (Å²) in [6.07, 6.45) is 4.04. The number of ether oxygens (including phenoxy) is 2. The van der Waals surface area contributed by atoms with Crippen LogP contribution in [0.25, 0.3) is 11.3 Å². The number of hydrogen-bond donors (Lipinski definition) is 1. The number of Topliss-reactive ketones (excluding diaryl/α,β-unsaturated/α-hetero) is 1. The van der Waals surface area contributed by atoms with Crippen molar-refractivity contribution in [1.29, 1.82) is 0 Å². The molecule has 0 spiro atoms. The first-order valence-electron chi connectivity index (χ1n) is 9.62. The number of aromatic nitrogens is 4. The van der Waals surface area contributed by atoms with Gasteiger partial charge >= 0.3 is 0 Å². The molecule has 0 unspecified atom stereocenters. The van der Waals surface area contributed by atoms with Gasteiger partial charge in [0.15, 0.2) is 11.5 Å². The number of carbonyl (C=O) groups excluding carboxylic acids is 2. The van der Waals surface area contributed by atoms with Gasteiger partial charge in [0.25, 0.3) is 5.91 Å². The Kier molecular flexibility index (Phi) is 5.80. The molecule has 154 valence electrons. The van der Waals surface area contributed by atoms with E-state index in [1.165, 1.54) is 4.68 Å². The molecule has 3 aromatic rings. The van der Waals surface area contributed by atoms with E-state index >= 15 is 0 Å². The molecule has 0 radical (unpaired) electrons. The standard InChI is InChI=1S/C21H21N5O4/c1-26-13-17-20(25-26)18(27)6-3-9-29-10-11-30-19-12-14(7-8-22-19)15-4-2-5-16(23-15)21(28)24-17/h2,4-5,7-8,12-13H,3,6,9-11H2,1H3,(H,24,28). The zero-order valence-electron chi connectivity index (χ0n) is 16.5. The van der Waals surface area contributed by atoms with E-state index in [9.17, 15) is 9.59 Å². The molecule has 0 saturated carbocycles. The van der Waals surface area contributed by atoms with Crippen LogP contribution in [0.5, 0.6) is 5.88 Å². The van der Waals surface area contributed by atoms with Crippen LogP contribution in [0, 0.1) is 0 Å². The lowest BCUT2D eigenvalue weighted by molar-refractivity contribution is 0.0862. The molecule has 4 bridgehead atoms. The molecule has 30 heavy (non-hydrogen) atoms. The molecule has 0 saturated heterocycles. The zero-order chi connectivity index (χ0) is 20.9. The Morgan fingerprint density at radius 1 is 1.10 bits per heavy atom. The number of pyridine rings is 2. The molecule has 1 aliphatic rings. The first-order chi connectivity index (χ1) is 14.6. The summed E-state index contributed by atoms with van der Waals surface area (Å²) in [4.78, 5) is 34.0. The Morgan fingerprint density at radius 2 is 1.97 bits per heavy atom. The quantitative estimate of drug-likeness (QED) is 0.610. The number of nitrogens with one attached hydrogen (secondary N) is 1. The van der Waals surface area contributed by atoms with Gasteiger partial charge in [-0.3, -0.25) is 14.3 Å². The van der Waals surface area contributed by atoms with Gasteiger partial charge in [0.2, 0.25) is 5.88 Å². The van der Waals surface area contributed by atoms with E-state index < -0.39 is 5.91 Å². The summed E-state index contributed by atoms with van der Waals surface area (Å²) in [6.45, 7) is 1.15. The minimum absolute atomic E-state index is 0.159. The van der Waals surface area contributed by atoms with Crippen LogP contribution in [-0.4, -0.2) is 51.3 Å². The van der Waals surface area contributed by atoms with Crippen molar-refractivity contribution in [3.05, 3.63) is 54.1 Å². The maximum atomic E-state index is 12.8. The second kappa shape index (κ2) is 8.83. The first-order valence-corrected chi connectivity index (χ1v) is 9.62. The monoisotopic (exact) mass is 407 g/mol. The molecule has 9 nitrogen and oxygen atoms in total. The highest BCUT2D eigenvalue weighted by Gasteiger charge is 2.19. The molecular formula is C21H21N5O4. The van der Waals surface area contributed by atoms with Gasteiger partial charge < -0.3 is 14.8 Å². The number of amides is 1. The molecule has 1 amide bonds. The van der Waals surface area contributed by atoms with Gasteiger partial charge in [0.1, 0.15) is 12.3 Å². The highest BCUT2D eigenvalue weighted by Crippen LogP contribution is 2.22. The average Bonchev–Trinajstić information content (AvgIpc) is 3.12. The number of rotatable bonds is 0. The van der Waals surface area contributed by atoms with Crippen molar-refractivity contribution in [3.63, 3.8) is 0 Å². The van der Waals surface area contributed by atoms with Gasteiger partial charge in [-0.05, 0) is 24.6 Å². The van der Waals surface area contributed by atoms with E-state index in [0.29, 0.717) is 43.5 Å². The normalized spacial score (nSPS) is 15.4. The molecule has 0 aromatic carbocycles. The summed E-state index contributed by atoms with van der Waals surface area (Å²) in [5.41, 5.74) is 2.19. The molecule has 0 aliphatic carbocycles. The van der Waals surface area contributed by atoms with E-state index in [1.54, 1.807) is 49.8 Å². The van der Waals surface area contributed by atoms with Crippen LogP contribution < -0.4 is 10.1 Å². The minimum Gasteiger partial charge on any atom is -0.475 e. The average molecular weight is 407 g/mol. The zero-order valence-corrected chi connectivity index (χ0v) is 16.5. The van der Waals surface area contributed by atoms with Gasteiger partial charge in [-0.1, -0.05) is 6.07 Å². The number of aryl methyl sites for hydroxylation is 1. The van der Waals surface area contributed by atoms with Crippen molar-refractivity contribution in [2.24, 2.45) is 7.05 Å². The predicted octanol–water partition coefficient (Wildman–Crippen LogP) is 2.50. The van der Waals surface area contributed by atoms with Crippen LogP contribution in [0.1, 0.15) is 33.8 Å². The lowest BCUT2D eigenvalue weighted by Gasteiger charge is -2.10. The second-order valence-corrected chi connectivity index (χ2v) is 6.80. The highest BCUT2D eigenvalue weighted by molar-refractivity contribution is 6.08. The second-order valence-electron chi connectivity index (χ2n) is 6.80. The van der Waals surface area contributed by atoms with Crippen LogP contribution in [0.2, 0.25) is 0 Å². The van der Waals surface area contributed by atoms with E-state index in [4.69, 9.17) is 9.47 Å². The van der Waals surface area contributed by atoms with Crippen LogP contribution in [0.4, 0.5) is 5.69 Å². The van der Waals surface area contributed by atoms with Crippen LogP contribution in [0.3, 0.4) is 0 Å². The maximum absolute atomic E-state index is 12.8. The van der Waals surface area contributed by atoms with E-state index in [-0.39, 0.29) is 23.6 Å². The summed E-state index contributed by atoms with van der Waals surface area (Å²) in [6, 6.07) is 8.73. The van der Waals surface area contributed by atoms with Gasteiger partial charge in [-0.25, -0.2) is 9.97 Å². The molecule has 4 rings (SSSR count). The van der Waals surface area contributed by atoms with Gasteiger partial charge in [0.05, 0.1) is 18.0 Å². The molecule has 0 fully saturated rings. The minimum atomic E-state index is -0.422. The van der Waals surface area contributed by atoms with Crippen molar-refractivity contribution in [2.45, 2.75) is 12.8 Å². The Balaban J connectivity index is 1.68. The Labute approximate surface area is 173 Å². The number of hydrogen-bond acceptors (Lipinski definition) is 7. The van der Waals surface area contributed by atoms with Crippen molar-refractivity contribution in [2.75, 3.05) is 25.1 Å². The molecule has 1 N–H and O–H groups in total. The van der Waals surface area contributed by atoms with Gasteiger partial charge in [-0.15, -0.1) is 0 Å². The summed E-state index contributed by atoms with van der Waals surface area (Å²) in [5.74, 6) is -0.134. The number of anilines is 1. The van der Waals surface area contributed by atoms with Crippen LogP contribution >= 0.6 is 0 Å². The van der Waals surface area contributed by atoms with E-state index in [0.717, 1.165) is 5.56 Å². The van der Waals surface area contributed by atoms with Crippen molar-refractivity contribution >= 4 is 17.4 Å². The first kappa shape index (κ1) is 19.7. The third kappa shape index (κ3) is 4.52. The third-order valence-electron chi connectivity index (χ3n) is 4.52. The maximum Gasteiger partial charge on any atom is 0.274 e. The van der Waals surface area contributed by atoms with Crippen molar-refractivity contribution in [1.82, 2.24) is 19.7 Å². The molecule has 0 atom stereocenters. The van der Waals surface area contributed by atoms with Gasteiger partial charge in [-0.2, -0.15) is 5.10 Å². The fourth-order valence-electron chi connectivity index (χ4n) is 3.10. The number of carbonyl (C=O) groups is 2. The van der Waals surface area contributed by atoms with Crippen LogP contribution in [-0.2, 0) is 11.8 Å². The molecule has 1 aliphatic heterocycles. The van der Waals surface area contributed by atoms with E-state index in [1.807, 2.05) is 0 Å². The number of fused-ring (bicyclic) bond motifs is 6. The van der Waals surface area contributed by atoms with Crippen molar-refractivity contribution in [3.8, 4) is 17.1 Å². The lowest BCUT2D eigenvalue weighted by atomic mass is 10.1. The molecule has 4 heterocycles. The van der Waals surface area contributed by atoms with Gasteiger partial charge in [0, 0.05) is 44.1 Å². The number of ketones is 1. The lowest BCUT2D eigenvalue weighted by Crippen LogP contribution is -2.16. The van der Waals surface area contributed by atoms with E-state index in [2.05, 4.69) is 20.4 Å². The third-order valence-corrected chi connectivity index (χ3v) is 4.52. The fraction of sp³-hybridized carbons (Fsp3) is 0.286. The summed E-state index contributed by atoms with van der Waals surface area (Å²) >= 11 is 0. The smallest absolute Gasteiger partial charge is 0.274 e. The number of nitrogens with zero attached hydrogens (tertiary/aromatic N) is 4. The summed E-state index contributed by atoms with van der Waals surface area (Å²) < 4.78 is 12.7. The molecule has 9 heteroatoms. The molecule has 3 aromatic heterocycles. The largest absolute Gasteiger partial charge is 0.475 e. The Bertz CT molecular complexity index is 1080.